The van der Waals surface area contributed by atoms with Crippen molar-refractivity contribution in [3.63, 3.8) is 0 Å². The third kappa shape index (κ3) is 1.96. The van der Waals surface area contributed by atoms with Crippen molar-refractivity contribution in [1.29, 1.82) is 0 Å². The number of hydrogen-bond acceptors (Lipinski definition) is 4. The van der Waals surface area contributed by atoms with Crippen LogP contribution in [-0.2, 0) is 13.1 Å². The number of imidazole rings is 1. The summed E-state index contributed by atoms with van der Waals surface area (Å²) in [7, 11) is 0. The summed E-state index contributed by atoms with van der Waals surface area (Å²) in [5, 5.41) is 1.13. The lowest BCUT2D eigenvalue weighted by molar-refractivity contribution is 0.556. The zero-order valence-electron chi connectivity index (χ0n) is 8.85. The fraction of sp³-hybridized carbons (Fsp3) is 0.300. The summed E-state index contributed by atoms with van der Waals surface area (Å²) in [5.74, 6) is 1.76. The molecule has 0 N–H and O–H groups in total. The molecule has 0 saturated heterocycles. The second-order valence-electron chi connectivity index (χ2n) is 3.77. The highest BCUT2D eigenvalue weighted by Crippen LogP contribution is 2.22. The van der Waals surface area contributed by atoms with Crippen molar-refractivity contribution in [1.82, 2.24) is 19.5 Å². The van der Waals surface area contributed by atoms with Crippen LogP contribution in [0, 0.1) is 0 Å². The molecule has 3 rings (SSSR count). The zero-order valence-corrected chi connectivity index (χ0v) is 10.4. The summed E-state index contributed by atoms with van der Waals surface area (Å²) >= 11 is 11.9. The lowest BCUT2D eigenvalue weighted by Gasteiger charge is -2.28. The summed E-state index contributed by atoms with van der Waals surface area (Å²) in [5.41, 5.74) is 0. The first-order valence-electron chi connectivity index (χ1n) is 5.16. The predicted molar refractivity (Wildman–Crippen MR) is 65.3 cm³/mol. The molecule has 0 saturated carbocycles. The average molecular weight is 270 g/mol. The van der Waals surface area contributed by atoms with Gasteiger partial charge in [-0.3, -0.25) is 0 Å². The van der Waals surface area contributed by atoms with Gasteiger partial charge in [-0.25, -0.2) is 15.0 Å². The quantitative estimate of drug-likeness (QED) is 0.743. The zero-order chi connectivity index (χ0) is 11.8. The summed E-state index contributed by atoms with van der Waals surface area (Å²) < 4.78 is 2.00. The Bertz CT molecular complexity index is 553. The fourth-order valence-electron chi connectivity index (χ4n) is 1.92. The van der Waals surface area contributed by atoms with E-state index in [1.54, 1.807) is 12.3 Å². The number of hydrogen-bond donors (Lipinski definition) is 0. The number of nitrogens with zero attached hydrogens (tertiary/aromatic N) is 5. The largest absolute Gasteiger partial charge is 0.347 e. The first-order chi connectivity index (χ1) is 8.24. The number of fused-ring (bicyclic) bond motifs is 1. The van der Waals surface area contributed by atoms with E-state index in [0.29, 0.717) is 16.9 Å². The van der Waals surface area contributed by atoms with Crippen LogP contribution in [0.4, 0.5) is 5.82 Å². The Kier molecular flexibility index (Phi) is 2.64. The minimum absolute atomic E-state index is 0.446. The van der Waals surface area contributed by atoms with Gasteiger partial charge in [-0.05, 0) is 0 Å². The molecule has 2 aromatic heterocycles. The second-order valence-corrected chi connectivity index (χ2v) is 4.54. The summed E-state index contributed by atoms with van der Waals surface area (Å²) in [6, 6.07) is 1.75. The smallest absolute Gasteiger partial charge is 0.134 e. The van der Waals surface area contributed by atoms with E-state index in [0.717, 1.165) is 24.7 Å². The number of rotatable bonds is 1. The Morgan fingerprint density at radius 3 is 2.82 bits per heavy atom. The third-order valence-electron chi connectivity index (χ3n) is 2.76. The van der Waals surface area contributed by atoms with Crippen LogP contribution in [0.15, 0.2) is 18.6 Å². The average Bonchev–Trinajstić information content (AvgIpc) is 2.71. The normalized spacial score (nSPS) is 14.8. The van der Waals surface area contributed by atoms with Crippen LogP contribution < -0.4 is 4.90 Å². The van der Waals surface area contributed by atoms with Crippen LogP contribution in [0.5, 0.6) is 0 Å². The molecular formula is C10H9Cl2N5. The molecule has 5 nitrogen and oxygen atoms in total. The minimum atomic E-state index is 0.446. The maximum absolute atomic E-state index is 6.01. The van der Waals surface area contributed by atoms with Crippen LogP contribution in [0.3, 0.4) is 0 Å². The molecular weight excluding hydrogens is 261 g/mol. The van der Waals surface area contributed by atoms with E-state index >= 15 is 0 Å². The van der Waals surface area contributed by atoms with Gasteiger partial charge in [0.2, 0.25) is 0 Å². The van der Waals surface area contributed by atoms with Gasteiger partial charge in [0.1, 0.15) is 28.3 Å². The first-order valence-corrected chi connectivity index (χ1v) is 5.92. The van der Waals surface area contributed by atoms with Gasteiger partial charge in [0.05, 0.1) is 12.7 Å². The Labute approximate surface area is 108 Å². The minimum Gasteiger partial charge on any atom is -0.347 e. The lowest BCUT2D eigenvalue weighted by atomic mass is 10.3. The van der Waals surface area contributed by atoms with Crippen LogP contribution in [-0.4, -0.2) is 26.1 Å². The highest BCUT2D eigenvalue weighted by atomic mass is 35.5. The van der Waals surface area contributed by atoms with Crippen LogP contribution >= 0.6 is 23.2 Å². The SMILES string of the molecule is Clc1cc(N2CCn3c(Cl)cnc3C2)ncn1. The molecule has 0 unspecified atom stereocenters. The molecule has 1 aliphatic heterocycles. The van der Waals surface area contributed by atoms with E-state index in [9.17, 15) is 0 Å². The van der Waals surface area contributed by atoms with Gasteiger partial charge in [-0.2, -0.15) is 0 Å². The molecule has 1 aliphatic rings. The summed E-state index contributed by atoms with van der Waals surface area (Å²) in [6.07, 6.45) is 3.14. The molecule has 0 radical (unpaired) electrons. The van der Waals surface area contributed by atoms with Gasteiger partial charge >= 0.3 is 0 Å². The molecule has 0 spiro atoms. The molecule has 0 fully saturated rings. The predicted octanol–water partition coefficient (Wildman–Crippen LogP) is 2.00. The highest BCUT2D eigenvalue weighted by Gasteiger charge is 2.20. The van der Waals surface area contributed by atoms with Crippen molar-refractivity contribution >= 4 is 29.0 Å². The Morgan fingerprint density at radius 2 is 2.00 bits per heavy atom. The number of anilines is 1. The molecule has 0 aromatic carbocycles. The van der Waals surface area contributed by atoms with Crippen LogP contribution in [0.1, 0.15) is 5.82 Å². The molecule has 0 aliphatic carbocycles. The van der Waals surface area contributed by atoms with E-state index in [2.05, 4.69) is 19.9 Å². The van der Waals surface area contributed by atoms with Gasteiger partial charge in [-0.1, -0.05) is 23.2 Å². The Hall–Kier alpha value is -1.33. The van der Waals surface area contributed by atoms with E-state index in [-0.39, 0.29) is 0 Å². The standard InChI is InChI=1S/C10H9Cl2N5/c11-7-3-9(15-6-14-7)16-1-2-17-8(12)4-13-10(17)5-16/h3-4,6H,1-2,5H2. The lowest BCUT2D eigenvalue weighted by Crippen LogP contribution is -2.34. The van der Waals surface area contributed by atoms with E-state index in [1.807, 2.05) is 4.57 Å². The van der Waals surface area contributed by atoms with Gasteiger partial charge < -0.3 is 9.47 Å². The van der Waals surface area contributed by atoms with E-state index < -0.39 is 0 Å². The Morgan fingerprint density at radius 1 is 1.12 bits per heavy atom. The van der Waals surface area contributed by atoms with Crippen LogP contribution in [0.2, 0.25) is 10.3 Å². The number of aromatic nitrogens is 4. The maximum atomic E-state index is 6.01. The van der Waals surface area contributed by atoms with E-state index in [1.165, 1.54) is 6.33 Å². The van der Waals surface area contributed by atoms with Gasteiger partial charge in [0.15, 0.2) is 0 Å². The fourth-order valence-corrected chi connectivity index (χ4v) is 2.29. The molecule has 7 heteroatoms. The molecule has 0 amide bonds. The molecule has 0 atom stereocenters. The molecule has 3 heterocycles. The third-order valence-corrected chi connectivity index (χ3v) is 3.27. The number of halogens is 2. The molecule has 88 valence electrons. The van der Waals surface area contributed by atoms with Gasteiger partial charge in [0.25, 0.3) is 0 Å². The van der Waals surface area contributed by atoms with Crippen molar-refractivity contribution in [3.8, 4) is 0 Å². The van der Waals surface area contributed by atoms with Crippen molar-refractivity contribution < 1.29 is 0 Å². The first kappa shape index (κ1) is 10.8. The monoisotopic (exact) mass is 269 g/mol. The molecule has 0 bridgehead atoms. The summed E-state index contributed by atoms with van der Waals surface area (Å²) in [4.78, 5) is 14.4. The highest BCUT2D eigenvalue weighted by molar-refractivity contribution is 6.29. The Balaban J connectivity index is 1.89. The van der Waals surface area contributed by atoms with Crippen molar-refractivity contribution in [2.45, 2.75) is 13.1 Å². The van der Waals surface area contributed by atoms with Gasteiger partial charge in [0, 0.05) is 19.2 Å². The van der Waals surface area contributed by atoms with Crippen LogP contribution in [0.25, 0.3) is 0 Å². The van der Waals surface area contributed by atoms with Crippen molar-refractivity contribution in [3.05, 3.63) is 34.7 Å². The molecule has 2 aromatic rings. The molecule has 17 heavy (non-hydrogen) atoms. The summed E-state index contributed by atoms with van der Waals surface area (Å²) in [6.45, 7) is 2.31. The van der Waals surface area contributed by atoms with Crippen molar-refractivity contribution in [2.75, 3.05) is 11.4 Å². The van der Waals surface area contributed by atoms with Crippen molar-refractivity contribution in [2.24, 2.45) is 0 Å². The topological polar surface area (TPSA) is 46.8 Å². The second kappa shape index (κ2) is 4.16. The van der Waals surface area contributed by atoms with E-state index in [4.69, 9.17) is 23.2 Å². The van der Waals surface area contributed by atoms with Gasteiger partial charge in [-0.15, -0.1) is 0 Å². The maximum Gasteiger partial charge on any atom is 0.134 e.